The molecule has 0 aromatic carbocycles. The van der Waals surface area contributed by atoms with Crippen LogP contribution in [0, 0.1) is 0 Å². The minimum atomic E-state index is -1.97. The molecular formula is C8H18O8. The van der Waals surface area contributed by atoms with Crippen LogP contribution in [0.5, 0.6) is 0 Å². The third-order valence-corrected chi connectivity index (χ3v) is 2.21. The summed E-state index contributed by atoms with van der Waals surface area (Å²) < 4.78 is 0. The average molecular weight is 242 g/mol. The molecule has 0 amide bonds. The fourth-order valence-electron chi connectivity index (χ4n) is 1.08. The topological polar surface area (TPSA) is 162 Å². The molecule has 0 fully saturated rings. The lowest BCUT2D eigenvalue weighted by Gasteiger charge is -2.29. The normalized spacial score (nSPS) is 23.2. The minimum Gasteiger partial charge on any atom is -0.394 e. The van der Waals surface area contributed by atoms with Crippen molar-refractivity contribution in [1.29, 1.82) is 0 Å². The van der Waals surface area contributed by atoms with Crippen LogP contribution >= 0.6 is 0 Å². The molecule has 0 aromatic heterocycles. The Balaban J connectivity index is 4.41. The Morgan fingerprint density at radius 2 is 0.750 bits per heavy atom. The van der Waals surface area contributed by atoms with Gasteiger partial charge in [0, 0.05) is 0 Å². The van der Waals surface area contributed by atoms with Gasteiger partial charge in [-0.05, 0) is 0 Å². The van der Waals surface area contributed by atoms with Gasteiger partial charge in [0.2, 0.25) is 0 Å². The molecule has 0 heterocycles. The van der Waals surface area contributed by atoms with Crippen molar-refractivity contribution in [1.82, 2.24) is 0 Å². The fourth-order valence-corrected chi connectivity index (χ4v) is 1.08. The zero-order valence-corrected chi connectivity index (χ0v) is 8.46. The summed E-state index contributed by atoms with van der Waals surface area (Å²) in [5.41, 5.74) is 0. The largest absolute Gasteiger partial charge is 0.394 e. The van der Waals surface area contributed by atoms with E-state index >= 15 is 0 Å². The molecule has 98 valence electrons. The molecule has 0 aliphatic carbocycles. The number of hydrogen-bond acceptors (Lipinski definition) is 8. The summed E-state index contributed by atoms with van der Waals surface area (Å²) in [6, 6.07) is 0. The van der Waals surface area contributed by atoms with Gasteiger partial charge in [0.05, 0.1) is 13.2 Å². The maximum Gasteiger partial charge on any atom is 0.111 e. The molecule has 6 unspecified atom stereocenters. The lowest BCUT2D eigenvalue weighted by molar-refractivity contribution is -0.161. The van der Waals surface area contributed by atoms with Crippen molar-refractivity contribution < 1.29 is 40.9 Å². The summed E-state index contributed by atoms with van der Waals surface area (Å²) in [6.45, 7) is -1.69. The van der Waals surface area contributed by atoms with E-state index in [0.29, 0.717) is 0 Å². The summed E-state index contributed by atoms with van der Waals surface area (Å²) in [7, 11) is 0. The van der Waals surface area contributed by atoms with Gasteiger partial charge in [-0.2, -0.15) is 0 Å². The molecule has 8 nitrogen and oxygen atoms in total. The molecule has 8 N–H and O–H groups in total. The Labute approximate surface area is 91.6 Å². The first kappa shape index (κ1) is 15.7. The predicted molar refractivity (Wildman–Crippen MR) is 50.2 cm³/mol. The number of rotatable bonds is 7. The highest BCUT2D eigenvalue weighted by Gasteiger charge is 2.36. The molecule has 0 radical (unpaired) electrons. The van der Waals surface area contributed by atoms with Crippen molar-refractivity contribution >= 4 is 0 Å². The lowest BCUT2D eigenvalue weighted by atomic mass is 9.97. The molecule has 8 heteroatoms. The van der Waals surface area contributed by atoms with Gasteiger partial charge in [0.25, 0.3) is 0 Å². The van der Waals surface area contributed by atoms with Crippen molar-refractivity contribution in [3.8, 4) is 0 Å². The van der Waals surface area contributed by atoms with E-state index in [9.17, 15) is 20.4 Å². The van der Waals surface area contributed by atoms with Crippen LogP contribution in [0.15, 0.2) is 0 Å². The van der Waals surface area contributed by atoms with Gasteiger partial charge in [-0.25, -0.2) is 0 Å². The molecule has 0 aromatic rings. The van der Waals surface area contributed by atoms with Gasteiger partial charge in [-0.15, -0.1) is 0 Å². The smallest absolute Gasteiger partial charge is 0.111 e. The maximum atomic E-state index is 9.28. The molecule has 0 bridgehead atoms. The summed E-state index contributed by atoms with van der Waals surface area (Å²) in [6.07, 6.45) is -11.1. The summed E-state index contributed by atoms with van der Waals surface area (Å²) >= 11 is 0. The molecule has 16 heavy (non-hydrogen) atoms. The second-order valence-corrected chi connectivity index (χ2v) is 3.46. The summed E-state index contributed by atoms with van der Waals surface area (Å²) in [5.74, 6) is 0. The highest BCUT2D eigenvalue weighted by molar-refractivity contribution is 4.87. The fraction of sp³-hybridized carbons (Fsp3) is 1.00. The Morgan fingerprint density at radius 3 is 0.938 bits per heavy atom. The van der Waals surface area contributed by atoms with Crippen molar-refractivity contribution in [3.05, 3.63) is 0 Å². The van der Waals surface area contributed by atoms with Crippen LogP contribution in [-0.2, 0) is 0 Å². The first-order chi connectivity index (χ1) is 7.36. The monoisotopic (exact) mass is 242 g/mol. The van der Waals surface area contributed by atoms with Crippen LogP contribution in [0.1, 0.15) is 0 Å². The highest BCUT2D eigenvalue weighted by atomic mass is 16.4. The molecule has 0 saturated heterocycles. The van der Waals surface area contributed by atoms with Crippen LogP contribution in [0.2, 0.25) is 0 Å². The van der Waals surface area contributed by atoms with Crippen LogP contribution in [0.4, 0.5) is 0 Å². The van der Waals surface area contributed by atoms with E-state index in [2.05, 4.69) is 0 Å². The minimum absolute atomic E-state index is 0.844. The van der Waals surface area contributed by atoms with Gasteiger partial charge in [0.15, 0.2) is 0 Å². The quantitative estimate of drug-likeness (QED) is 0.220. The van der Waals surface area contributed by atoms with Crippen LogP contribution in [0.25, 0.3) is 0 Å². The summed E-state index contributed by atoms with van der Waals surface area (Å²) in [4.78, 5) is 0. The SMILES string of the molecule is OCC(O)C(O)C(O)C(O)C(O)C(O)CO. The van der Waals surface area contributed by atoms with Crippen molar-refractivity contribution in [2.24, 2.45) is 0 Å². The van der Waals surface area contributed by atoms with Gasteiger partial charge in [-0.3, -0.25) is 0 Å². The van der Waals surface area contributed by atoms with E-state index in [4.69, 9.17) is 20.4 Å². The second-order valence-electron chi connectivity index (χ2n) is 3.46. The van der Waals surface area contributed by atoms with Gasteiger partial charge in [-0.1, -0.05) is 0 Å². The molecule has 6 atom stereocenters. The Hall–Kier alpha value is -0.320. The van der Waals surface area contributed by atoms with Crippen molar-refractivity contribution in [2.45, 2.75) is 36.6 Å². The van der Waals surface area contributed by atoms with Gasteiger partial charge < -0.3 is 40.9 Å². The molecular weight excluding hydrogens is 224 g/mol. The molecule has 0 aliphatic rings. The molecule has 0 saturated carbocycles. The number of aliphatic hydroxyl groups excluding tert-OH is 8. The first-order valence-corrected chi connectivity index (χ1v) is 4.66. The Bertz CT molecular complexity index is 169. The maximum absolute atomic E-state index is 9.28. The van der Waals surface area contributed by atoms with E-state index in [1.165, 1.54) is 0 Å². The van der Waals surface area contributed by atoms with Gasteiger partial charge in [0.1, 0.15) is 36.6 Å². The van der Waals surface area contributed by atoms with Crippen molar-refractivity contribution in [3.63, 3.8) is 0 Å². The van der Waals surface area contributed by atoms with Crippen LogP contribution in [-0.4, -0.2) is 90.7 Å². The zero-order valence-electron chi connectivity index (χ0n) is 8.46. The average Bonchev–Trinajstić information content (AvgIpc) is 2.32. The van der Waals surface area contributed by atoms with E-state index in [1.807, 2.05) is 0 Å². The van der Waals surface area contributed by atoms with Gasteiger partial charge >= 0.3 is 0 Å². The molecule has 0 spiro atoms. The molecule has 0 rings (SSSR count). The third-order valence-electron chi connectivity index (χ3n) is 2.21. The first-order valence-electron chi connectivity index (χ1n) is 4.66. The van der Waals surface area contributed by atoms with Crippen molar-refractivity contribution in [2.75, 3.05) is 13.2 Å². The number of hydrogen-bond donors (Lipinski definition) is 8. The van der Waals surface area contributed by atoms with E-state index in [1.54, 1.807) is 0 Å². The second kappa shape index (κ2) is 7.09. The lowest BCUT2D eigenvalue weighted by Crippen LogP contribution is -2.53. The number of aliphatic hydroxyl groups is 8. The van der Waals surface area contributed by atoms with E-state index in [0.717, 1.165) is 0 Å². The van der Waals surface area contributed by atoms with Crippen LogP contribution in [0.3, 0.4) is 0 Å². The molecule has 0 aliphatic heterocycles. The standard InChI is InChI=1S/C8H18O8/c9-1-3(11)5(13)7(15)8(16)6(14)4(12)2-10/h3-16H,1-2H2. The van der Waals surface area contributed by atoms with E-state index < -0.39 is 49.8 Å². The summed E-state index contributed by atoms with van der Waals surface area (Å²) in [5, 5.41) is 71.8. The van der Waals surface area contributed by atoms with Crippen LogP contribution < -0.4 is 0 Å². The zero-order chi connectivity index (χ0) is 12.9. The highest BCUT2D eigenvalue weighted by Crippen LogP contribution is 2.10. The Morgan fingerprint density at radius 1 is 0.500 bits per heavy atom. The Kier molecular flexibility index (Phi) is 6.95. The predicted octanol–water partition coefficient (Wildman–Crippen LogP) is -4.86. The third kappa shape index (κ3) is 3.92. The van der Waals surface area contributed by atoms with E-state index in [-0.39, 0.29) is 0 Å².